The molecule has 0 aliphatic heterocycles. The molecule has 1 aromatic carbocycles. The van der Waals surface area contributed by atoms with Gasteiger partial charge < -0.3 is 9.47 Å². The molecule has 0 fully saturated rings. The average Bonchev–Trinajstić information content (AvgIpc) is 2.29. The van der Waals surface area contributed by atoms with Crippen LogP contribution in [0.3, 0.4) is 0 Å². The van der Waals surface area contributed by atoms with E-state index >= 15 is 0 Å². The topological polar surface area (TPSA) is 35.5 Å². The van der Waals surface area contributed by atoms with Crippen molar-refractivity contribution < 1.29 is 14.3 Å². The number of rotatable bonds is 4. The molecule has 0 radical (unpaired) electrons. The summed E-state index contributed by atoms with van der Waals surface area (Å²) in [7, 11) is 1.62. The van der Waals surface area contributed by atoms with Crippen molar-refractivity contribution in [2.24, 2.45) is 0 Å². The second-order valence-electron chi connectivity index (χ2n) is 4.50. The number of methoxy groups -OCH3 is 1. The highest BCUT2D eigenvalue weighted by Gasteiger charge is 2.34. The van der Waals surface area contributed by atoms with Crippen molar-refractivity contribution in [2.45, 2.75) is 33.1 Å². The summed E-state index contributed by atoms with van der Waals surface area (Å²) < 4.78 is 10.5. The van der Waals surface area contributed by atoms with E-state index in [9.17, 15) is 4.79 Å². The lowest BCUT2D eigenvalue weighted by molar-refractivity contribution is -0.148. The maximum absolute atomic E-state index is 12.0. The Hall–Kier alpha value is -1.51. The molecule has 1 aromatic rings. The number of carbonyl (C=O) groups is 1. The predicted octanol–water partition coefficient (Wildman–Crippen LogP) is 2.84. The number of aryl methyl sites for hydroxylation is 1. The van der Waals surface area contributed by atoms with E-state index in [1.165, 1.54) is 0 Å². The molecule has 0 aliphatic carbocycles. The Morgan fingerprint density at radius 2 is 2.00 bits per heavy atom. The van der Waals surface area contributed by atoms with E-state index in [1.807, 2.05) is 39.0 Å². The first-order valence-corrected chi connectivity index (χ1v) is 5.76. The van der Waals surface area contributed by atoms with Gasteiger partial charge in [0.05, 0.1) is 19.1 Å². The standard InChI is InChI=1S/C14H20O3/c1-6-17-13(15)14(3,4)11-9-7-8-10(2)12(11)16-5/h7-9H,6H2,1-5H3. The van der Waals surface area contributed by atoms with E-state index < -0.39 is 5.41 Å². The molecule has 0 N–H and O–H groups in total. The van der Waals surface area contributed by atoms with Gasteiger partial charge in [-0.3, -0.25) is 4.79 Å². The van der Waals surface area contributed by atoms with E-state index in [0.29, 0.717) is 6.61 Å². The fraction of sp³-hybridized carbons (Fsp3) is 0.500. The minimum Gasteiger partial charge on any atom is -0.496 e. The summed E-state index contributed by atoms with van der Waals surface area (Å²) in [5.74, 6) is 0.523. The molecule has 0 amide bonds. The fourth-order valence-corrected chi connectivity index (χ4v) is 1.84. The van der Waals surface area contributed by atoms with Crippen molar-refractivity contribution in [3.63, 3.8) is 0 Å². The minimum absolute atomic E-state index is 0.232. The highest BCUT2D eigenvalue weighted by atomic mass is 16.5. The van der Waals surface area contributed by atoms with Crippen LogP contribution in [0.5, 0.6) is 5.75 Å². The van der Waals surface area contributed by atoms with Gasteiger partial charge in [0.2, 0.25) is 0 Å². The molecule has 0 aliphatic rings. The van der Waals surface area contributed by atoms with Gasteiger partial charge in [-0.25, -0.2) is 0 Å². The molecule has 0 bridgehead atoms. The highest BCUT2D eigenvalue weighted by Crippen LogP contribution is 2.34. The third-order valence-electron chi connectivity index (χ3n) is 2.88. The van der Waals surface area contributed by atoms with Crippen LogP contribution in [0.25, 0.3) is 0 Å². The fourth-order valence-electron chi connectivity index (χ4n) is 1.84. The Morgan fingerprint density at radius 3 is 2.53 bits per heavy atom. The van der Waals surface area contributed by atoms with Gasteiger partial charge in [-0.15, -0.1) is 0 Å². The number of para-hydroxylation sites is 1. The lowest BCUT2D eigenvalue weighted by atomic mass is 9.83. The quantitative estimate of drug-likeness (QED) is 0.754. The molecule has 17 heavy (non-hydrogen) atoms. The molecule has 3 heteroatoms. The van der Waals surface area contributed by atoms with Gasteiger partial charge in [-0.05, 0) is 33.3 Å². The molecular weight excluding hydrogens is 216 g/mol. The smallest absolute Gasteiger partial charge is 0.316 e. The molecule has 0 atom stereocenters. The van der Waals surface area contributed by atoms with Crippen LogP contribution in [-0.2, 0) is 14.9 Å². The molecule has 0 saturated heterocycles. The van der Waals surface area contributed by atoms with Crippen LogP contribution in [-0.4, -0.2) is 19.7 Å². The predicted molar refractivity (Wildman–Crippen MR) is 67.4 cm³/mol. The first kappa shape index (κ1) is 13.6. The SMILES string of the molecule is CCOC(=O)C(C)(C)c1cccc(C)c1OC. The maximum atomic E-state index is 12.0. The number of benzene rings is 1. The van der Waals surface area contributed by atoms with Crippen molar-refractivity contribution in [2.75, 3.05) is 13.7 Å². The zero-order valence-corrected chi connectivity index (χ0v) is 11.2. The van der Waals surface area contributed by atoms with E-state index in [2.05, 4.69) is 0 Å². The largest absolute Gasteiger partial charge is 0.496 e. The number of hydrogen-bond donors (Lipinski definition) is 0. The zero-order chi connectivity index (χ0) is 13.1. The molecule has 0 spiro atoms. The maximum Gasteiger partial charge on any atom is 0.316 e. The number of carbonyl (C=O) groups excluding carboxylic acids is 1. The van der Waals surface area contributed by atoms with Gasteiger partial charge in [-0.2, -0.15) is 0 Å². The monoisotopic (exact) mass is 236 g/mol. The summed E-state index contributed by atoms with van der Waals surface area (Å²) in [5, 5.41) is 0. The van der Waals surface area contributed by atoms with Crippen LogP contribution in [0.2, 0.25) is 0 Å². The van der Waals surface area contributed by atoms with Gasteiger partial charge >= 0.3 is 5.97 Å². The molecule has 3 nitrogen and oxygen atoms in total. The van der Waals surface area contributed by atoms with Crippen LogP contribution < -0.4 is 4.74 Å². The van der Waals surface area contributed by atoms with E-state index in [0.717, 1.165) is 16.9 Å². The second-order valence-corrected chi connectivity index (χ2v) is 4.50. The Bertz CT molecular complexity index is 408. The summed E-state index contributed by atoms with van der Waals surface area (Å²) in [4.78, 5) is 12.0. The van der Waals surface area contributed by atoms with Crippen LogP contribution in [0.1, 0.15) is 31.9 Å². The zero-order valence-electron chi connectivity index (χ0n) is 11.2. The van der Waals surface area contributed by atoms with Crippen LogP contribution in [0, 0.1) is 6.92 Å². The van der Waals surface area contributed by atoms with Crippen molar-refractivity contribution in [1.29, 1.82) is 0 Å². The van der Waals surface area contributed by atoms with Crippen LogP contribution in [0.4, 0.5) is 0 Å². The summed E-state index contributed by atoms with van der Waals surface area (Å²) in [5.41, 5.74) is 1.17. The minimum atomic E-state index is -0.701. The average molecular weight is 236 g/mol. The van der Waals surface area contributed by atoms with Gasteiger partial charge in [0.1, 0.15) is 5.75 Å². The van der Waals surface area contributed by atoms with Gasteiger partial charge in [0, 0.05) is 5.56 Å². The third-order valence-corrected chi connectivity index (χ3v) is 2.88. The molecule has 0 saturated carbocycles. The lowest BCUT2D eigenvalue weighted by Crippen LogP contribution is -2.31. The van der Waals surface area contributed by atoms with Gasteiger partial charge in [0.25, 0.3) is 0 Å². The first-order valence-electron chi connectivity index (χ1n) is 5.76. The van der Waals surface area contributed by atoms with Crippen molar-refractivity contribution in [3.05, 3.63) is 29.3 Å². The Morgan fingerprint density at radius 1 is 1.35 bits per heavy atom. The number of hydrogen-bond acceptors (Lipinski definition) is 3. The van der Waals surface area contributed by atoms with Crippen molar-refractivity contribution in [1.82, 2.24) is 0 Å². The molecule has 1 rings (SSSR count). The van der Waals surface area contributed by atoms with Crippen molar-refractivity contribution in [3.8, 4) is 5.75 Å². The van der Waals surface area contributed by atoms with Crippen LogP contribution >= 0.6 is 0 Å². The van der Waals surface area contributed by atoms with Gasteiger partial charge in [0.15, 0.2) is 0 Å². The Balaban J connectivity index is 3.23. The summed E-state index contributed by atoms with van der Waals surface area (Å²) in [6, 6.07) is 5.79. The second kappa shape index (κ2) is 5.21. The Kier molecular flexibility index (Phi) is 4.16. The summed E-state index contributed by atoms with van der Waals surface area (Å²) in [6.07, 6.45) is 0. The normalized spacial score (nSPS) is 11.1. The molecule has 0 aromatic heterocycles. The third kappa shape index (κ3) is 2.60. The summed E-state index contributed by atoms with van der Waals surface area (Å²) >= 11 is 0. The Labute approximate surface area is 103 Å². The molecule has 0 unspecified atom stereocenters. The van der Waals surface area contributed by atoms with E-state index in [4.69, 9.17) is 9.47 Å². The first-order chi connectivity index (χ1) is 7.95. The van der Waals surface area contributed by atoms with Crippen molar-refractivity contribution >= 4 is 5.97 Å². The number of esters is 1. The summed E-state index contributed by atoms with van der Waals surface area (Å²) in [6.45, 7) is 7.85. The van der Waals surface area contributed by atoms with Gasteiger partial charge in [-0.1, -0.05) is 18.2 Å². The molecule has 0 heterocycles. The molecular formula is C14H20O3. The van der Waals surface area contributed by atoms with E-state index in [-0.39, 0.29) is 5.97 Å². The lowest BCUT2D eigenvalue weighted by Gasteiger charge is -2.25. The van der Waals surface area contributed by atoms with E-state index in [1.54, 1.807) is 14.0 Å². The van der Waals surface area contributed by atoms with Crippen LogP contribution in [0.15, 0.2) is 18.2 Å². The highest BCUT2D eigenvalue weighted by molar-refractivity contribution is 5.83. The molecule has 94 valence electrons. The number of ether oxygens (including phenoxy) is 2.